The Labute approximate surface area is 167 Å². The van der Waals surface area contributed by atoms with E-state index in [1.807, 2.05) is 13.8 Å². The number of hydrogen-bond donors (Lipinski definition) is 1. The zero-order valence-corrected chi connectivity index (χ0v) is 17.5. The standard InChI is InChI=1S/C23H33NO4/c1-12-6-7-13-18-14(8-9-22(12,13)4)23(5)11-16(24-26)17(25)10-15(23)19-20(18)28-21(2,3)27-19/h13-15,18-20,26H,1,6-11H2,2-5H3/b24-16+/t13-,14-,15+,18-,19+,20+,22+,23+/m0/s1. The summed E-state index contributed by atoms with van der Waals surface area (Å²) in [5.74, 6) is 0.860. The third-order valence-electron chi connectivity index (χ3n) is 9.32. The van der Waals surface area contributed by atoms with Gasteiger partial charge >= 0.3 is 0 Å². The largest absolute Gasteiger partial charge is 0.411 e. The molecule has 0 aromatic rings. The molecule has 1 saturated heterocycles. The fourth-order valence-electron chi connectivity index (χ4n) is 7.89. The van der Waals surface area contributed by atoms with E-state index in [2.05, 4.69) is 25.6 Å². The smallest absolute Gasteiger partial charge is 0.180 e. The molecule has 4 aliphatic carbocycles. The van der Waals surface area contributed by atoms with Crippen molar-refractivity contribution < 1.29 is 19.5 Å². The Kier molecular flexibility index (Phi) is 3.82. The molecule has 0 spiro atoms. The maximum Gasteiger partial charge on any atom is 0.180 e. The van der Waals surface area contributed by atoms with Crippen LogP contribution in [0.4, 0.5) is 0 Å². The van der Waals surface area contributed by atoms with Gasteiger partial charge < -0.3 is 14.7 Å². The van der Waals surface area contributed by atoms with Gasteiger partial charge in [-0.1, -0.05) is 31.2 Å². The van der Waals surface area contributed by atoms with Crippen LogP contribution in [0.25, 0.3) is 0 Å². The monoisotopic (exact) mass is 387 g/mol. The lowest BCUT2D eigenvalue weighted by Gasteiger charge is -2.62. The van der Waals surface area contributed by atoms with Crippen molar-refractivity contribution in [3.8, 4) is 0 Å². The van der Waals surface area contributed by atoms with Crippen LogP contribution >= 0.6 is 0 Å². The van der Waals surface area contributed by atoms with Gasteiger partial charge in [-0.25, -0.2) is 0 Å². The van der Waals surface area contributed by atoms with E-state index in [9.17, 15) is 10.0 Å². The predicted octanol–water partition coefficient (Wildman–Crippen LogP) is 4.33. The van der Waals surface area contributed by atoms with Crippen LogP contribution < -0.4 is 0 Å². The highest BCUT2D eigenvalue weighted by Crippen LogP contribution is 2.68. The minimum absolute atomic E-state index is 0.0361. The molecule has 8 atom stereocenters. The van der Waals surface area contributed by atoms with E-state index < -0.39 is 5.79 Å². The summed E-state index contributed by atoms with van der Waals surface area (Å²) in [6, 6.07) is 0. The van der Waals surface area contributed by atoms with E-state index in [1.165, 1.54) is 12.0 Å². The molecule has 4 saturated carbocycles. The fourth-order valence-corrected chi connectivity index (χ4v) is 7.89. The molecule has 1 N–H and O–H groups in total. The van der Waals surface area contributed by atoms with Crippen LogP contribution in [0.15, 0.2) is 17.3 Å². The molecule has 0 unspecified atom stereocenters. The van der Waals surface area contributed by atoms with Gasteiger partial charge in [-0.2, -0.15) is 0 Å². The van der Waals surface area contributed by atoms with Gasteiger partial charge in [-0.05, 0) is 68.1 Å². The second kappa shape index (κ2) is 5.69. The molecular formula is C23H33NO4. The molecule has 5 aliphatic rings. The van der Waals surface area contributed by atoms with Gasteiger partial charge in [-0.15, -0.1) is 0 Å². The summed E-state index contributed by atoms with van der Waals surface area (Å²) < 4.78 is 13.0. The van der Waals surface area contributed by atoms with Gasteiger partial charge in [0.05, 0.1) is 12.2 Å². The Hall–Kier alpha value is -1.20. The molecule has 1 aliphatic heterocycles. The second-order valence-electron chi connectivity index (χ2n) is 10.9. The average Bonchev–Trinajstić information content (AvgIpc) is 3.11. The molecule has 5 rings (SSSR count). The lowest BCUT2D eigenvalue weighted by atomic mass is 9.43. The van der Waals surface area contributed by atoms with Gasteiger partial charge in [0.1, 0.15) is 5.71 Å². The SMILES string of the molecule is C=C1CC[C@H]2[C@@H]3[C@H]4OC(C)(C)O[C@@H]4[C@H]4CC(=O)/C(=N/O)C[C@]4(C)[C@H]3CC[C@]12C. The number of Topliss-reactive ketones (excluding diaryl/α,β-unsaturated/α-hetero) is 1. The summed E-state index contributed by atoms with van der Waals surface area (Å²) in [5, 5.41) is 12.8. The molecule has 0 aromatic heterocycles. The Bertz CT molecular complexity index is 773. The lowest BCUT2D eigenvalue weighted by molar-refractivity contribution is -0.165. The topological polar surface area (TPSA) is 68.1 Å². The molecule has 5 heteroatoms. The Balaban J connectivity index is 1.62. The quantitative estimate of drug-likeness (QED) is 0.381. The molecule has 5 nitrogen and oxygen atoms in total. The van der Waals surface area contributed by atoms with E-state index >= 15 is 0 Å². The van der Waals surface area contributed by atoms with Crippen molar-refractivity contribution in [2.45, 2.75) is 84.2 Å². The Morgan fingerprint density at radius 2 is 1.79 bits per heavy atom. The van der Waals surface area contributed by atoms with Gasteiger partial charge in [-0.3, -0.25) is 4.79 Å². The minimum Gasteiger partial charge on any atom is -0.411 e. The summed E-state index contributed by atoms with van der Waals surface area (Å²) in [7, 11) is 0. The second-order valence-corrected chi connectivity index (χ2v) is 10.9. The number of nitrogens with zero attached hydrogens (tertiary/aromatic N) is 1. The first kappa shape index (κ1) is 18.8. The first-order valence-electron chi connectivity index (χ1n) is 10.9. The molecule has 0 aromatic carbocycles. The van der Waals surface area contributed by atoms with E-state index in [0.29, 0.717) is 36.3 Å². The molecule has 5 fully saturated rings. The van der Waals surface area contributed by atoms with Gasteiger partial charge in [0.2, 0.25) is 0 Å². The fraction of sp³-hybridized carbons (Fsp3) is 0.826. The summed E-state index contributed by atoms with van der Waals surface area (Å²) in [5.41, 5.74) is 1.83. The summed E-state index contributed by atoms with van der Waals surface area (Å²) in [6.45, 7) is 13.1. The van der Waals surface area contributed by atoms with Gasteiger partial charge in [0, 0.05) is 18.8 Å². The van der Waals surface area contributed by atoms with Crippen molar-refractivity contribution in [1.82, 2.24) is 0 Å². The van der Waals surface area contributed by atoms with E-state index in [-0.39, 0.29) is 34.7 Å². The van der Waals surface area contributed by atoms with E-state index in [4.69, 9.17) is 9.47 Å². The van der Waals surface area contributed by atoms with E-state index in [1.54, 1.807) is 0 Å². The zero-order valence-electron chi connectivity index (χ0n) is 17.5. The Morgan fingerprint density at radius 1 is 1.07 bits per heavy atom. The van der Waals surface area contributed by atoms with Crippen molar-refractivity contribution in [2.24, 2.45) is 39.7 Å². The molecule has 0 amide bonds. The normalized spacial score (nSPS) is 53.5. The maximum atomic E-state index is 12.6. The number of oxime groups is 1. The van der Waals surface area contributed by atoms with E-state index in [0.717, 1.165) is 19.3 Å². The first-order valence-corrected chi connectivity index (χ1v) is 10.9. The number of fused-ring (bicyclic) bond motifs is 8. The Morgan fingerprint density at radius 3 is 2.50 bits per heavy atom. The van der Waals surface area contributed by atoms with Crippen molar-refractivity contribution in [2.75, 3.05) is 0 Å². The summed E-state index contributed by atoms with van der Waals surface area (Å²) >= 11 is 0. The average molecular weight is 388 g/mol. The number of ether oxygens (including phenoxy) is 2. The lowest BCUT2D eigenvalue weighted by Crippen LogP contribution is -2.63. The van der Waals surface area contributed by atoms with Crippen molar-refractivity contribution in [3.63, 3.8) is 0 Å². The predicted molar refractivity (Wildman–Crippen MR) is 105 cm³/mol. The third-order valence-corrected chi connectivity index (χ3v) is 9.32. The van der Waals surface area contributed by atoms with Crippen LogP contribution in [0.2, 0.25) is 0 Å². The number of hydrogen-bond acceptors (Lipinski definition) is 5. The number of ketones is 1. The highest BCUT2D eigenvalue weighted by atomic mass is 16.8. The van der Waals surface area contributed by atoms with Crippen LogP contribution in [0.5, 0.6) is 0 Å². The summed E-state index contributed by atoms with van der Waals surface area (Å²) in [6.07, 6.45) is 5.46. The highest BCUT2D eigenvalue weighted by molar-refractivity contribution is 6.40. The number of rotatable bonds is 0. The molecule has 0 radical (unpaired) electrons. The number of allylic oxidation sites excluding steroid dienone is 1. The maximum absolute atomic E-state index is 12.6. The minimum atomic E-state index is -0.622. The molecule has 1 heterocycles. The molecular weight excluding hydrogens is 354 g/mol. The van der Waals surface area contributed by atoms with Crippen LogP contribution in [-0.2, 0) is 14.3 Å². The number of carbonyl (C=O) groups excluding carboxylic acids is 1. The summed E-state index contributed by atoms with van der Waals surface area (Å²) in [4.78, 5) is 12.6. The van der Waals surface area contributed by atoms with Crippen molar-refractivity contribution >= 4 is 11.5 Å². The van der Waals surface area contributed by atoms with Crippen molar-refractivity contribution in [1.29, 1.82) is 0 Å². The van der Waals surface area contributed by atoms with Crippen LogP contribution in [-0.4, -0.2) is 34.7 Å². The van der Waals surface area contributed by atoms with Crippen LogP contribution in [0, 0.1) is 34.5 Å². The molecule has 154 valence electrons. The zero-order chi connectivity index (χ0) is 20.1. The van der Waals surface area contributed by atoms with Gasteiger partial charge in [0.15, 0.2) is 11.6 Å². The van der Waals surface area contributed by atoms with Gasteiger partial charge in [0.25, 0.3) is 0 Å². The molecule has 28 heavy (non-hydrogen) atoms. The third kappa shape index (κ3) is 2.26. The molecule has 0 bridgehead atoms. The first-order chi connectivity index (χ1) is 13.1. The van der Waals surface area contributed by atoms with Crippen LogP contribution in [0.1, 0.15) is 66.2 Å². The van der Waals surface area contributed by atoms with Crippen LogP contribution in [0.3, 0.4) is 0 Å². The number of carbonyl (C=O) groups is 1. The van der Waals surface area contributed by atoms with Crippen molar-refractivity contribution in [3.05, 3.63) is 12.2 Å². The highest BCUT2D eigenvalue weighted by Gasteiger charge is 2.68.